The molecule has 1 atom stereocenters. The van der Waals surface area contributed by atoms with Gasteiger partial charge in [0.05, 0.1) is 0 Å². The van der Waals surface area contributed by atoms with E-state index in [4.69, 9.17) is 9.15 Å². The van der Waals surface area contributed by atoms with Gasteiger partial charge in [-0.3, -0.25) is 4.79 Å². The standard InChI is InChI=1S/C25H27NO3/c1-17-15-18-7-5-6-8-22(18)26(17)24(27)23-14-13-21(29-23)16-28-20-11-9-19(10-12-20)25(2,3)4/h5-14,17H,15-16H2,1-4H3. The zero-order valence-corrected chi connectivity index (χ0v) is 17.4. The summed E-state index contributed by atoms with van der Waals surface area (Å²) in [5.74, 6) is 1.65. The second-order valence-corrected chi connectivity index (χ2v) is 8.69. The van der Waals surface area contributed by atoms with E-state index in [1.54, 1.807) is 6.07 Å². The average molecular weight is 389 g/mol. The van der Waals surface area contributed by atoms with Crippen LogP contribution in [0.2, 0.25) is 0 Å². The molecule has 3 aromatic rings. The Morgan fingerprint density at radius 2 is 1.79 bits per heavy atom. The predicted octanol–water partition coefficient (Wildman–Crippen LogP) is 5.75. The topological polar surface area (TPSA) is 42.7 Å². The normalized spacial score (nSPS) is 16.0. The van der Waals surface area contributed by atoms with Gasteiger partial charge in [0.2, 0.25) is 0 Å². The molecule has 1 unspecified atom stereocenters. The van der Waals surface area contributed by atoms with Gasteiger partial charge in [0.25, 0.3) is 5.91 Å². The van der Waals surface area contributed by atoms with Crippen LogP contribution in [0.3, 0.4) is 0 Å². The summed E-state index contributed by atoms with van der Waals surface area (Å²) in [5, 5.41) is 0. The molecule has 0 N–H and O–H groups in total. The number of carbonyl (C=O) groups is 1. The van der Waals surface area contributed by atoms with Gasteiger partial charge >= 0.3 is 0 Å². The predicted molar refractivity (Wildman–Crippen MR) is 115 cm³/mol. The number of amides is 1. The van der Waals surface area contributed by atoms with E-state index in [2.05, 4.69) is 45.9 Å². The summed E-state index contributed by atoms with van der Waals surface area (Å²) in [6, 6.07) is 19.8. The highest BCUT2D eigenvalue weighted by Gasteiger charge is 2.32. The first-order valence-corrected chi connectivity index (χ1v) is 10.1. The Kier molecular flexibility index (Phi) is 4.95. The molecule has 0 bridgehead atoms. The molecule has 4 nitrogen and oxygen atoms in total. The highest BCUT2D eigenvalue weighted by Crippen LogP contribution is 2.33. The lowest BCUT2D eigenvalue weighted by Crippen LogP contribution is -2.35. The summed E-state index contributed by atoms with van der Waals surface area (Å²) in [6.07, 6.45) is 0.864. The van der Waals surface area contributed by atoms with Crippen LogP contribution < -0.4 is 9.64 Å². The number of hydrogen-bond acceptors (Lipinski definition) is 3. The van der Waals surface area contributed by atoms with Gasteiger partial charge in [-0.25, -0.2) is 0 Å². The smallest absolute Gasteiger partial charge is 0.294 e. The van der Waals surface area contributed by atoms with Crippen molar-refractivity contribution in [1.82, 2.24) is 0 Å². The lowest BCUT2D eigenvalue weighted by atomic mass is 9.87. The van der Waals surface area contributed by atoms with Gasteiger partial charge in [0.15, 0.2) is 5.76 Å². The molecule has 0 aliphatic carbocycles. The third-order valence-electron chi connectivity index (χ3n) is 5.40. The third kappa shape index (κ3) is 3.93. The molecule has 4 heteroatoms. The zero-order chi connectivity index (χ0) is 20.6. The number of para-hydroxylation sites is 1. The van der Waals surface area contributed by atoms with Gasteiger partial charge < -0.3 is 14.1 Å². The summed E-state index contributed by atoms with van der Waals surface area (Å²) in [7, 11) is 0. The third-order valence-corrected chi connectivity index (χ3v) is 5.40. The molecular formula is C25H27NO3. The van der Waals surface area contributed by atoms with Gasteiger partial charge in [-0.1, -0.05) is 51.1 Å². The van der Waals surface area contributed by atoms with Crippen LogP contribution in [0.1, 0.15) is 55.1 Å². The monoisotopic (exact) mass is 389 g/mol. The summed E-state index contributed by atoms with van der Waals surface area (Å²) in [4.78, 5) is 14.9. The highest BCUT2D eigenvalue weighted by atomic mass is 16.5. The van der Waals surface area contributed by atoms with E-state index in [1.807, 2.05) is 41.3 Å². The first-order valence-electron chi connectivity index (χ1n) is 10.1. The summed E-state index contributed by atoms with van der Waals surface area (Å²) >= 11 is 0. The maximum atomic E-state index is 13.0. The minimum Gasteiger partial charge on any atom is -0.486 e. The van der Waals surface area contributed by atoms with E-state index in [-0.39, 0.29) is 24.0 Å². The SMILES string of the molecule is CC1Cc2ccccc2N1C(=O)c1ccc(COc2ccc(C(C)(C)C)cc2)o1. The molecule has 0 fully saturated rings. The number of hydrogen-bond donors (Lipinski definition) is 0. The molecule has 0 radical (unpaired) electrons. The number of rotatable bonds is 4. The van der Waals surface area contributed by atoms with Crippen molar-refractivity contribution in [2.75, 3.05) is 4.90 Å². The molecule has 1 aromatic heterocycles. The minimum absolute atomic E-state index is 0.108. The molecule has 0 spiro atoms. The van der Waals surface area contributed by atoms with Crippen molar-refractivity contribution in [2.24, 2.45) is 0 Å². The van der Waals surface area contributed by atoms with E-state index in [0.29, 0.717) is 11.5 Å². The Labute approximate surface area is 172 Å². The molecule has 2 aromatic carbocycles. The van der Waals surface area contributed by atoms with Crippen molar-refractivity contribution in [3.8, 4) is 5.75 Å². The zero-order valence-electron chi connectivity index (χ0n) is 17.4. The van der Waals surface area contributed by atoms with E-state index >= 15 is 0 Å². The quantitative estimate of drug-likeness (QED) is 0.571. The number of carbonyl (C=O) groups excluding carboxylic acids is 1. The molecule has 1 aliphatic rings. The fourth-order valence-electron chi connectivity index (χ4n) is 3.77. The van der Waals surface area contributed by atoms with Crippen LogP contribution in [0.5, 0.6) is 5.75 Å². The second-order valence-electron chi connectivity index (χ2n) is 8.69. The number of ether oxygens (including phenoxy) is 1. The molecule has 150 valence electrons. The Bertz CT molecular complexity index is 1010. The molecule has 1 aliphatic heterocycles. The first kappa shape index (κ1) is 19.3. The van der Waals surface area contributed by atoms with E-state index in [9.17, 15) is 4.79 Å². The van der Waals surface area contributed by atoms with Crippen LogP contribution in [0.4, 0.5) is 5.69 Å². The Balaban J connectivity index is 1.43. The summed E-state index contributed by atoms with van der Waals surface area (Å²) in [5.41, 5.74) is 3.54. The van der Waals surface area contributed by atoms with Gasteiger partial charge in [-0.2, -0.15) is 0 Å². The highest BCUT2D eigenvalue weighted by molar-refractivity contribution is 6.06. The Hall–Kier alpha value is -3.01. The first-order chi connectivity index (χ1) is 13.8. The van der Waals surface area contributed by atoms with Gasteiger partial charge in [0, 0.05) is 11.7 Å². The lowest BCUT2D eigenvalue weighted by Gasteiger charge is -2.21. The van der Waals surface area contributed by atoms with Crippen LogP contribution in [-0.4, -0.2) is 11.9 Å². The van der Waals surface area contributed by atoms with E-state index in [0.717, 1.165) is 17.9 Å². The van der Waals surface area contributed by atoms with Crippen molar-refractivity contribution in [3.63, 3.8) is 0 Å². The van der Waals surface area contributed by atoms with Crippen molar-refractivity contribution in [2.45, 2.75) is 52.2 Å². The number of nitrogens with zero attached hydrogens (tertiary/aromatic N) is 1. The molecule has 4 rings (SSSR count). The van der Waals surface area contributed by atoms with E-state index < -0.39 is 0 Å². The van der Waals surface area contributed by atoms with Gasteiger partial charge in [-0.15, -0.1) is 0 Å². The molecule has 0 saturated carbocycles. The number of fused-ring (bicyclic) bond motifs is 1. The fraction of sp³-hybridized carbons (Fsp3) is 0.320. The van der Waals surface area contributed by atoms with Crippen LogP contribution in [0.15, 0.2) is 65.1 Å². The van der Waals surface area contributed by atoms with Crippen LogP contribution in [-0.2, 0) is 18.4 Å². The summed E-state index contributed by atoms with van der Waals surface area (Å²) < 4.78 is 11.6. The van der Waals surface area contributed by atoms with Gasteiger partial charge in [-0.05, 0) is 60.2 Å². The second kappa shape index (κ2) is 7.43. The van der Waals surface area contributed by atoms with Crippen LogP contribution in [0.25, 0.3) is 0 Å². The number of benzene rings is 2. The van der Waals surface area contributed by atoms with Gasteiger partial charge in [0.1, 0.15) is 18.1 Å². The molecule has 2 heterocycles. The number of furan rings is 1. The molecule has 0 saturated heterocycles. The maximum Gasteiger partial charge on any atom is 0.294 e. The van der Waals surface area contributed by atoms with Crippen molar-refractivity contribution in [3.05, 3.63) is 83.3 Å². The van der Waals surface area contributed by atoms with Crippen molar-refractivity contribution in [1.29, 1.82) is 0 Å². The molecule has 1 amide bonds. The van der Waals surface area contributed by atoms with Crippen LogP contribution >= 0.6 is 0 Å². The Morgan fingerprint density at radius 1 is 1.07 bits per heavy atom. The molecular weight excluding hydrogens is 362 g/mol. The van der Waals surface area contributed by atoms with Crippen LogP contribution in [0, 0.1) is 0 Å². The minimum atomic E-state index is -0.108. The van der Waals surface area contributed by atoms with Crippen molar-refractivity contribution >= 4 is 11.6 Å². The maximum absolute atomic E-state index is 13.0. The largest absolute Gasteiger partial charge is 0.486 e. The number of anilines is 1. The lowest BCUT2D eigenvalue weighted by molar-refractivity contribution is 0.0950. The molecule has 29 heavy (non-hydrogen) atoms. The summed E-state index contributed by atoms with van der Waals surface area (Å²) in [6.45, 7) is 8.90. The average Bonchev–Trinajstić information content (AvgIpc) is 3.29. The van der Waals surface area contributed by atoms with Crippen molar-refractivity contribution < 1.29 is 13.9 Å². The Morgan fingerprint density at radius 3 is 2.52 bits per heavy atom. The van der Waals surface area contributed by atoms with E-state index in [1.165, 1.54) is 11.1 Å². The fourth-order valence-corrected chi connectivity index (χ4v) is 3.77.